The van der Waals surface area contributed by atoms with Crippen LogP contribution < -0.4 is 10.1 Å². The van der Waals surface area contributed by atoms with Crippen molar-refractivity contribution >= 4 is 5.82 Å². The van der Waals surface area contributed by atoms with Gasteiger partial charge in [0.2, 0.25) is 0 Å². The van der Waals surface area contributed by atoms with E-state index in [1.807, 2.05) is 30.3 Å². The highest BCUT2D eigenvalue weighted by Crippen LogP contribution is 2.34. The molecule has 0 amide bonds. The highest BCUT2D eigenvalue weighted by Gasteiger charge is 2.18. The first kappa shape index (κ1) is 15.4. The maximum absolute atomic E-state index is 6.08. The maximum Gasteiger partial charge on any atom is 0.132 e. The van der Waals surface area contributed by atoms with Gasteiger partial charge in [0.25, 0.3) is 0 Å². The van der Waals surface area contributed by atoms with Gasteiger partial charge in [0.15, 0.2) is 0 Å². The van der Waals surface area contributed by atoms with Gasteiger partial charge in [-0.05, 0) is 24.0 Å². The van der Waals surface area contributed by atoms with Gasteiger partial charge >= 0.3 is 0 Å². The Morgan fingerprint density at radius 3 is 2.62 bits per heavy atom. The molecule has 0 atom stereocenters. The van der Waals surface area contributed by atoms with E-state index in [4.69, 9.17) is 4.74 Å². The summed E-state index contributed by atoms with van der Waals surface area (Å²) in [4.78, 5) is 4.30. The monoisotopic (exact) mass is 284 g/mol. The third-order valence-corrected chi connectivity index (χ3v) is 3.21. The molecule has 21 heavy (non-hydrogen) atoms. The molecule has 0 aliphatic heterocycles. The first-order valence-corrected chi connectivity index (χ1v) is 7.48. The molecule has 2 rings (SSSR count). The van der Waals surface area contributed by atoms with Gasteiger partial charge in [-0.1, -0.05) is 45.9 Å². The fourth-order valence-electron chi connectivity index (χ4n) is 2.13. The molecule has 0 spiro atoms. The second-order valence-electron chi connectivity index (χ2n) is 6.15. The van der Waals surface area contributed by atoms with Crippen molar-refractivity contribution in [3.05, 3.63) is 48.2 Å². The molecule has 0 aliphatic carbocycles. The third kappa shape index (κ3) is 4.22. The number of hydrogen-bond donors (Lipinski definition) is 1. The Bertz CT molecular complexity index is 588. The number of aromatic nitrogens is 1. The molecule has 3 nitrogen and oxygen atoms in total. The molecule has 2 aromatic rings. The first-order valence-electron chi connectivity index (χ1n) is 7.48. The zero-order valence-corrected chi connectivity index (χ0v) is 13.3. The van der Waals surface area contributed by atoms with Crippen LogP contribution in [0.2, 0.25) is 0 Å². The predicted octanol–water partition coefficient (Wildman–Crippen LogP) is 4.99. The summed E-state index contributed by atoms with van der Waals surface area (Å²) in [6, 6.07) is 12.0. The quantitative estimate of drug-likeness (QED) is 0.839. The number of ether oxygens (including phenoxy) is 1. The Morgan fingerprint density at radius 1 is 1.14 bits per heavy atom. The standard InChI is InChI=1S/C18H24N2O/c1-5-11-19-17-13-14(10-12-20-17)21-16-9-7-6-8-15(16)18(2,3)4/h6-10,12-13H,5,11H2,1-4H3,(H,19,20). The van der Waals surface area contributed by atoms with E-state index in [2.05, 4.69) is 44.1 Å². The molecule has 0 unspecified atom stereocenters. The summed E-state index contributed by atoms with van der Waals surface area (Å²) < 4.78 is 6.08. The lowest BCUT2D eigenvalue weighted by molar-refractivity contribution is 0.455. The van der Waals surface area contributed by atoms with E-state index in [-0.39, 0.29) is 5.41 Å². The molecule has 0 fully saturated rings. The number of pyridine rings is 1. The molecule has 3 heteroatoms. The van der Waals surface area contributed by atoms with Crippen LogP contribution in [0.15, 0.2) is 42.6 Å². The second kappa shape index (κ2) is 6.61. The zero-order valence-electron chi connectivity index (χ0n) is 13.3. The van der Waals surface area contributed by atoms with Gasteiger partial charge < -0.3 is 10.1 Å². The van der Waals surface area contributed by atoms with E-state index in [9.17, 15) is 0 Å². The SMILES string of the molecule is CCCNc1cc(Oc2ccccc2C(C)(C)C)ccn1. The number of benzene rings is 1. The topological polar surface area (TPSA) is 34.1 Å². The Morgan fingerprint density at radius 2 is 1.90 bits per heavy atom. The average molecular weight is 284 g/mol. The third-order valence-electron chi connectivity index (χ3n) is 3.21. The molecule has 1 aromatic carbocycles. The van der Waals surface area contributed by atoms with Crippen LogP contribution in [-0.4, -0.2) is 11.5 Å². The highest BCUT2D eigenvalue weighted by atomic mass is 16.5. The maximum atomic E-state index is 6.08. The number of para-hydroxylation sites is 1. The van der Waals surface area contributed by atoms with Crippen LogP contribution in [0.1, 0.15) is 39.7 Å². The van der Waals surface area contributed by atoms with Gasteiger partial charge in [0.05, 0.1) is 0 Å². The van der Waals surface area contributed by atoms with E-state index in [0.29, 0.717) is 0 Å². The minimum absolute atomic E-state index is 0.0485. The van der Waals surface area contributed by atoms with Crippen LogP contribution in [0.25, 0.3) is 0 Å². The molecular formula is C18H24N2O. The van der Waals surface area contributed by atoms with E-state index >= 15 is 0 Å². The summed E-state index contributed by atoms with van der Waals surface area (Å²) >= 11 is 0. The Kier molecular flexibility index (Phi) is 4.84. The largest absolute Gasteiger partial charge is 0.457 e. The van der Waals surface area contributed by atoms with Crippen molar-refractivity contribution in [1.29, 1.82) is 0 Å². The van der Waals surface area contributed by atoms with E-state index in [0.717, 1.165) is 30.3 Å². The molecule has 0 bridgehead atoms. The summed E-state index contributed by atoms with van der Waals surface area (Å²) in [7, 11) is 0. The average Bonchev–Trinajstić information content (AvgIpc) is 2.45. The molecule has 1 N–H and O–H groups in total. The number of rotatable bonds is 5. The Hall–Kier alpha value is -2.03. The van der Waals surface area contributed by atoms with Crippen molar-refractivity contribution in [3.8, 4) is 11.5 Å². The first-order chi connectivity index (χ1) is 10.0. The number of nitrogens with zero attached hydrogens (tertiary/aromatic N) is 1. The normalized spacial score (nSPS) is 11.2. The minimum atomic E-state index is 0.0485. The molecule has 112 valence electrons. The molecule has 0 saturated carbocycles. The number of hydrogen-bond acceptors (Lipinski definition) is 3. The fraction of sp³-hybridized carbons (Fsp3) is 0.389. The van der Waals surface area contributed by atoms with Crippen LogP contribution >= 0.6 is 0 Å². The van der Waals surface area contributed by atoms with E-state index in [1.165, 1.54) is 5.56 Å². The van der Waals surface area contributed by atoms with Crippen LogP contribution in [0.5, 0.6) is 11.5 Å². The summed E-state index contributed by atoms with van der Waals surface area (Å²) in [5.74, 6) is 2.56. The van der Waals surface area contributed by atoms with Crippen molar-refractivity contribution < 1.29 is 4.74 Å². The van der Waals surface area contributed by atoms with Crippen LogP contribution in [-0.2, 0) is 5.41 Å². The zero-order chi connectivity index (χ0) is 15.3. The molecule has 1 aromatic heterocycles. The summed E-state index contributed by atoms with van der Waals surface area (Å²) in [5.41, 5.74) is 1.25. The van der Waals surface area contributed by atoms with Crippen LogP contribution in [0, 0.1) is 0 Å². The highest BCUT2D eigenvalue weighted by molar-refractivity contribution is 5.45. The molecule has 0 aliphatic rings. The number of nitrogens with one attached hydrogen (secondary N) is 1. The van der Waals surface area contributed by atoms with Crippen LogP contribution in [0.3, 0.4) is 0 Å². The molecule has 0 saturated heterocycles. The van der Waals surface area contributed by atoms with Gasteiger partial charge in [-0.3, -0.25) is 0 Å². The minimum Gasteiger partial charge on any atom is -0.457 e. The molecule has 1 heterocycles. The smallest absolute Gasteiger partial charge is 0.132 e. The van der Waals surface area contributed by atoms with Crippen molar-refractivity contribution in [2.24, 2.45) is 0 Å². The Balaban J connectivity index is 2.23. The molecular weight excluding hydrogens is 260 g/mol. The lowest BCUT2D eigenvalue weighted by atomic mass is 9.86. The lowest BCUT2D eigenvalue weighted by Gasteiger charge is -2.22. The predicted molar refractivity (Wildman–Crippen MR) is 88.2 cm³/mol. The summed E-state index contributed by atoms with van der Waals surface area (Å²) in [6.07, 6.45) is 2.84. The van der Waals surface area contributed by atoms with Gasteiger partial charge in [-0.15, -0.1) is 0 Å². The van der Waals surface area contributed by atoms with Crippen molar-refractivity contribution in [2.45, 2.75) is 39.5 Å². The van der Waals surface area contributed by atoms with Gasteiger partial charge in [0, 0.05) is 24.4 Å². The molecule has 0 radical (unpaired) electrons. The summed E-state index contributed by atoms with van der Waals surface area (Å²) in [5, 5.41) is 3.27. The van der Waals surface area contributed by atoms with E-state index < -0.39 is 0 Å². The Labute approximate surface area is 127 Å². The van der Waals surface area contributed by atoms with Gasteiger partial charge in [-0.2, -0.15) is 0 Å². The number of anilines is 1. The van der Waals surface area contributed by atoms with Gasteiger partial charge in [0.1, 0.15) is 17.3 Å². The van der Waals surface area contributed by atoms with E-state index in [1.54, 1.807) is 6.20 Å². The second-order valence-corrected chi connectivity index (χ2v) is 6.15. The van der Waals surface area contributed by atoms with Crippen LogP contribution in [0.4, 0.5) is 5.82 Å². The lowest BCUT2D eigenvalue weighted by Crippen LogP contribution is -2.12. The van der Waals surface area contributed by atoms with Crippen molar-refractivity contribution in [1.82, 2.24) is 4.98 Å². The van der Waals surface area contributed by atoms with Crippen molar-refractivity contribution in [3.63, 3.8) is 0 Å². The summed E-state index contributed by atoms with van der Waals surface area (Å²) in [6.45, 7) is 9.61. The van der Waals surface area contributed by atoms with Crippen molar-refractivity contribution in [2.75, 3.05) is 11.9 Å². The fourth-order valence-corrected chi connectivity index (χ4v) is 2.13. The van der Waals surface area contributed by atoms with Gasteiger partial charge in [-0.25, -0.2) is 4.98 Å².